The van der Waals surface area contributed by atoms with Crippen molar-refractivity contribution in [3.63, 3.8) is 0 Å². The normalized spacial score (nSPS) is 10.0. The Labute approximate surface area is 137 Å². The van der Waals surface area contributed by atoms with Crippen molar-refractivity contribution < 1.29 is 9.53 Å². The second-order valence-corrected chi connectivity index (χ2v) is 5.15. The number of urea groups is 1. The Hall–Kier alpha value is -1.83. The van der Waals surface area contributed by atoms with Gasteiger partial charge < -0.3 is 15.4 Å². The van der Waals surface area contributed by atoms with Gasteiger partial charge in [0.05, 0.1) is 12.8 Å². The van der Waals surface area contributed by atoms with Gasteiger partial charge in [-0.25, -0.2) is 9.78 Å². The molecule has 0 aliphatic carbocycles. The highest BCUT2D eigenvalue weighted by atomic mass is 127. The second-order valence-electron chi connectivity index (χ2n) is 4.39. The van der Waals surface area contributed by atoms with Gasteiger partial charge in [-0.1, -0.05) is 40.8 Å². The summed E-state index contributed by atoms with van der Waals surface area (Å²) in [4.78, 5) is 16.4. The van der Waals surface area contributed by atoms with Crippen LogP contribution in [-0.4, -0.2) is 18.1 Å². The zero-order valence-corrected chi connectivity index (χ0v) is 14.0. The van der Waals surface area contributed by atoms with Crippen molar-refractivity contribution in [2.24, 2.45) is 0 Å². The molecular formula is C15H16IN3O2. The van der Waals surface area contributed by atoms with E-state index in [-0.39, 0.29) is 6.03 Å². The van der Waals surface area contributed by atoms with E-state index in [1.165, 1.54) is 7.11 Å². The molecule has 1 heterocycles. The molecule has 0 saturated heterocycles. The first kappa shape index (κ1) is 15.6. The molecule has 1 aromatic heterocycles. The van der Waals surface area contributed by atoms with Crippen molar-refractivity contribution in [1.29, 1.82) is 0 Å². The third-order valence-electron chi connectivity index (χ3n) is 2.89. The van der Waals surface area contributed by atoms with E-state index in [9.17, 15) is 4.79 Å². The number of ether oxygens (including phenoxy) is 1. The molecule has 2 rings (SSSR count). The maximum Gasteiger partial charge on any atom is 0.323 e. The van der Waals surface area contributed by atoms with Gasteiger partial charge in [-0.15, -0.1) is 0 Å². The maximum absolute atomic E-state index is 12.0. The van der Waals surface area contributed by atoms with Crippen molar-refractivity contribution in [3.05, 3.63) is 47.7 Å². The molecule has 21 heavy (non-hydrogen) atoms. The number of nitrogens with one attached hydrogen (secondary N) is 2. The van der Waals surface area contributed by atoms with Gasteiger partial charge >= 0.3 is 6.03 Å². The summed E-state index contributed by atoms with van der Waals surface area (Å²) in [6.45, 7) is 1.94. The molecule has 110 valence electrons. The molecule has 0 radical (unpaired) electrons. The molecule has 5 nitrogen and oxygen atoms in total. The molecule has 0 aliphatic rings. The summed E-state index contributed by atoms with van der Waals surface area (Å²) in [5, 5.41) is 5.55. The number of anilines is 2. The summed E-state index contributed by atoms with van der Waals surface area (Å²) < 4.78 is 5.99. The molecule has 0 aliphatic heterocycles. The van der Waals surface area contributed by atoms with Crippen molar-refractivity contribution in [2.45, 2.75) is 11.4 Å². The number of pyridine rings is 1. The number of aromatic nitrogens is 1. The van der Waals surface area contributed by atoms with E-state index in [0.29, 0.717) is 11.6 Å². The van der Waals surface area contributed by atoms with Crippen LogP contribution in [0.5, 0.6) is 5.88 Å². The number of amides is 2. The Kier molecular flexibility index (Phi) is 5.38. The van der Waals surface area contributed by atoms with Gasteiger partial charge in [0.15, 0.2) is 0 Å². The average Bonchev–Trinajstić information content (AvgIpc) is 2.50. The van der Waals surface area contributed by atoms with Crippen LogP contribution in [0.4, 0.5) is 16.2 Å². The number of benzene rings is 1. The zero-order valence-electron chi connectivity index (χ0n) is 11.8. The van der Waals surface area contributed by atoms with Crippen LogP contribution in [0.2, 0.25) is 0 Å². The first-order valence-electron chi connectivity index (χ1n) is 6.37. The summed E-state index contributed by atoms with van der Waals surface area (Å²) in [7, 11) is 1.53. The van der Waals surface area contributed by atoms with Crippen LogP contribution in [0, 0.1) is 6.92 Å². The van der Waals surface area contributed by atoms with E-state index in [1.54, 1.807) is 6.07 Å². The highest BCUT2D eigenvalue weighted by molar-refractivity contribution is 14.1. The monoisotopic (exact) mass is 397 g/mol. The molecule has 0 fully saturated rings. The fourth-order valence-electron chi connectivity index (χ4n) is 1.79. The molecule has 1 aromatic carbocycles. The average molecular weight is 397 g/mol. The van der Waals surface area contributed by atoms with Crippen LogP contribution in [0.1, 0.15) is 11.3 Å². The number of carbonyl (C=O) groups is 1. The molecule has 0 bridgehead atoms. The van der Waals surface area contributed by atoms with E-state index in [2.05, 4.69) is 38.2 Å². The molecule has 0 saturated carbocycles. The van der Waals surface area contributed by atoms with E-state index in [0.717, 1.165) is 21.4 Å². The van der Waals surface area contributed by atoms with Crippen LogP contribution in [0.15, 0.2) is 36.4 Å². The molecule has 0 atom stereocenters. The van der Waals surface area contributed by atoms with Crippen molar-refractivity contribution in [2.75, 3.05) is 17.7 Å². The number of methoxy groups -OCH3 is 1. The smallest absolute Gasteiger partial charge is 0.323 e. The lowest BCUT2D eigenvalue weighted by Crippen LogP contribution is -2.20. The van der Waals surface area contributed by atoms with Gasteiger partial charge in [0.1, 0.15) is 5.69 Å². The number of aryl methyl sites for hydroxylation is 1. The minimum Gasteiger partial charge on any atom is -0.480 e. The van der Waals surface area contributed by atoms with Gasteiger partial charge in [-0.2, -0.15) is 0 Å². The summed E-state index contributed by atoms with van der Waals surface area (Å²) in [6.07, 6.45) is 0. The number of para-hydroxylation sites is 1. The molecule has 6 heteroatoms. The highest BCUT2D eigenvalue weighted by Crippen LogP contribution is 2.23. The third-order valence-corrected chi connectivity index (χ3v) is 3.67. The van der Waals surface area contributed by atoms with Crippen molar-refractivity contribution in [1.82, 2.24) is 4.98 Å². The van der Waals surface area contributed by atoms with Crippen LogP contribution in [0.3, 0.4) is 0 Å². The molecular weight excluding hydrogens is 381 g/mol. The lowest BCUT2D eigenvalue weighted by Gasteiger charge is -2.12. The van der Waals surface area contributed by atoms with Gasteiger partial charge in [0.25, 0.3) is 0 Å². The van der Waals surface area contributed by atoms with E-state index in [1.807, 2.05) is 37.3 Å². The number of rotatable bonds is 4. The van der Waals surface area contributed by atoms with E-state index >= 15 is 0 Å². The number of halogens is 1. The van der Waals surface area contributed by atoms with Crippen LogP contribution in [-0.2, 0) is 4.43 Å². The number of hydrogen-bond donors (Lipinski definition) is 2. The van der Waals surface area contributed by atoms with Gasteiger partial charge in [-0.05, 0) is 30.7 Å². The SMILES string of the molecule is COc1nc(CI)ccc1NC(=O)Nc1ccccc1C. The van der Waals surface area contributed by atoms with E-state index in [4.69, 9.17) is 4.74 Å². The predicted molar refractivity (Wildman–Crippen MR) is 92.3 cm³/mol. The Morgan fingerprint density at radius 3 is 2.57 bits per heavy atom. The molecule has 2 amide bonds. The Morgan fingerprint density at radius 1 is 1.19 bits per heavy atom. The Bertz CT molecular complexity index is 647. The fourth-order valence-corrected chi connectivity index (χ4v) is 2.22. The van der Waals surface area contributed by atoms with Gasteiger partial charge in [0.2, 0.25) is 5.88 Å². The van der Waals surface area contributed by atoms with Crippen LogP contribution in [0.25, 0.3) is 0 Å². The standard InChI is InChI=1S/C15H16IN3O2/c1-10-5-3-4-6-12(10)18-15(20)19-13-8-7-11(9-16)17-14(13)21-2/h3-8H,9H2,1-2H3,(H2,18,19,20). The van der Waals surface area contributed by atoms with Crippen LogP contribution >= 0.6 is 22.6 Å². The lowest BCUT2D eigenvalue weighted by atomic mass is 10.2. The topological polar surface area (TPSA) is 63.2 Å². The van der Waals surface area contributed by atoms with Gasteiger partial charge in [0, 0.05) is 10.1 Å². The van der Waals surface area contributed by atoms with Gasteiger partial charge in [-0.3, -0.25) is 0 Å². The highest BCUT2D eigenvalue weighted by Gasteiger charge is 2.10. The summed E-state index contributed by atoms with van der Waals surface area (Å²) >= 11 is 2.22. The summed E-state index contributed by atoms with van der Waals surface area (Å²) in [6, 6.07) is 10.9. The largest absolute Gasteiger partial charge is 0.480 e. The van der Waals surface area contributed by atoms with Crippen LogP contribution < -0.4 is 15.4 Å². The first-order chi connectivity index (χ1) is 10.1. The summed E-state index contributed by atoms with van der Waals surface area (Å²) in [5.74, 6) is 0.407. The minimum absolute atomic E-state index is 0.327. The number of carbonyl (C=O) groups excluding carboxylic acids is 1. The van der Waals surface area contributed by atoms with Crippen molar-refractivity contribution >= 4 is 40.0 Å². The lowest BCUT2D eigenvalue weighted by molar-refractivity contribution is 0.262. The third kappa shape index (κ3) is 4.07. The maximum atomic E-state index is 12.0. The molecule has 0 spiro atoms. The minimum atomic E-state index is -0.327. The summed E-state index contributed by atoms with van der Waals surface area (Å²) in [5.41, 5.74) is 3.21. The zero-order chi connectivity index (χ0) is 15.2. The Morgan fingerprint density at radius 2 is 1.90 bits per heavy atom. The fraction of sp³-hybridized carbons (Fsp3) is 0.200. The molecule has 2 N–H and O–H groups in total. The number of alkyl halides is 1. The second kappa shape index (κ2) is 7.26. The number of nitrogens with zero attached hydrogens (tertiary/aromatic N) is 1. The number of hydrogen-bond acceptors (Lipinski definition) is 3. The molecule has 0 unspecified atom stereocenters. The van der Waals surface area contributed by atoms with E-state index < -0.39 is 0 Å². The molecule has 2 aromatic rings. The predicted octanol–water partition coefficient (Wildman–Crippen LogP) is 3.98. The van der Waals surface area contributed by atoms with Crippen molar-refractivity contribution in [3.8, 4) is 5.88 Å². The quantitative estimate of drug-likeness (QED) is 0.606. The Balaban J connectivity index is 2.11. The first-order valence-corrected chi connectivity index (χ1v) is 7.90.